The number of carbonyl (C=O) groups is 2. The average molecular weight is 407 g/mol. The molecule has 6 heteroatoms. The van der Waals surface area contributed by atoms with Crippen LogP contribution in [0.3, 0.4) is 0 Å². The van der Waals surface area contributed by atoms with Crippen LogP contribution in [0.15, 0.2) is 42.6 Å². The number of pyridine rings is 1. The van der Waals surface area contributed by atoms with Crippen molar-refractivity contribution in [1.29, 1.82) is 0 Å². The number of likely N-dealkylation sites (N-methyl/N-ethyl adjacent to an activating group) is 1. The largest absolute Gasteiger partial charge is 0.379 e. The Labute approximate surface area is 178 Å². The maximum absolute atomic E-state index is 13.1. The molecule has 158 valence electrons. The van der Waals surface area contributed by atoms with E-state index in [9.17, 15) is 9.59 Å². The number of amides is 2. The fourth-order valence-corrected chi connectivity index (χ4v) is 4.63. The van der Waals surface area contributed by atoms with Crippen LogP contribution in [0.25, 0.3) is 0 Å². The number of aromatic nitrogens is 1. The van der Waals surface area contributed by atoms with Crippen LogP contribution in [0.5, 0.6) is 0 Å². The van der Waals surface area contributed by atoms with E-state index in [0.717, 1.165) is 43.7 Å². The van der Waals surface area contributed by atoms with Gasteiger partial charge in [0, 0.05) is 55.7 Å². The third-order valence-corrected chi connectivity index (χ3v) is 6.54. The topological polar surface area (TPSA) is 65.5 Å². The summed E-state index contributed by atoms with van der Waals surface area (Å²) in [5.74, 6) is 0.223. The lowest BCUT2D eigenvalue weighted by atomic mass is 9.83. The summed E-state index contributed by atoms with van der Waals surface area (Å²) in [6, 6.07) is 12.0. The zero-order chi connectivity index (χ0) is 21.1. The van der Waals surface area contributed by atoms with Crippen LogP contribution in [-0.2, 0) is 11.2 Å². The van der Waals surface area contributed by atoms with Crippen LogP contribution >= 0.6 is 0 Å². The number of aryl methyl sites for hydroxylation is 1. The summed E-state index contributed by atoms with van der Waals surface area (Å²) in [7, 11) is 0. The lowest BCUT2D eigenvalue weighted by Crippen LogP contribution is -2.53. The number of nitrogens with zero attached hydrogens (tertiary/aromatic N) is 3. The SMILES string of the molecule is CCN1CCc2ccccc2NC2(CCN(C(=O)c3cccnc3C)CC2)CC1=O. The molecule has 6 nitrogen and oxygen atoms in total. The van der Waals surface area contributed by atoms with Crippen LogP contribution in [0, 0.1) is 6.92 Å². The molecule has 1 aromatic heterocycles. The van der Waals surface area contributed by atoms with Gasteiger partial charge in [0.1, 0.15) is 0 Å². The minimum absolute atomic E-state index is 0.0282. The van der Waals surface area contributed by atoms with Gasteiger partial charge in [-0.2, -0.15) is 0 Å². The molecular weight excluding hydrogens is 376 g/mol. The van der Waals surface area contributed by atoms with Crippen molar-refractivity contribution in [2.24, 2.45) is 0 Å². The number of fused-ring (bicyclic) bond motifs is 1. The summed E-state index contributed by atoms with van der Waals surface area (Å²) in [5, 5.41) is 3.74. The van der Waals surface area contributed by atoms with E-state index in [1.807, 2.05) is 35.8 Å². The Balaban J connectivity index is 1.56. The van der Waals surface area contributed by atoms with Gasteiger partial charge in [-0.15, -0.1) is 0 Å². The summed E-state index contributed by atoms with van der Waals surface area (Å²) in [6.45, 7) is 6.63. The molecule has 0 atom stereocenters. The molecule has 0 saturated carbocycles. The highest BCUT2D eigenvalue weighted by Crippen LogP contribution is 2.34. The summed E-state index contributed by atoms with van der Waals surface area (Å²) in [5.41, 5.74) is 3.45. The number of anilines is 1. The third-order valence-electron chi connectivity index (χ3n) is 6.54. The fraction of sp³-hybridized carbons (Fsp3) is 0.458. The molecule has 0 aliphatic carbocycles. The molecule has 1 aromatic carbocycles. The predicted octanol–water partition coefficient (Wildman–Crippen LogP) is 3.27. The van der Waals surface area contributed by atoms with E-state index in [2.05, 4.69) is 28.5 Å². The second kappa shape index (κ2) is 8.46. The van der Waals surface area contributed by atoms with E-state index in [1.54, 1.807) is 12.3 Å². The summed E-state index contributed by atoms with van der Waals surface area (Å²) < 4.78 is 0. The van der Waals surface area contributed by atoms with Gasteiger partial charge in [0.2, 0.25) is 5.91 Å². The first-order valence-electron chi connectivity index (χ1n) is 10.9. The molecule has 1 saturated heterocycles. The minimum Gasteiger partial charge on any atom is -0.379 e. The van der Waals surface area contributed by atoms with Crippen molar-refractivity contribution in [3.05, 3.63) is 59.4 Å². The maximum atomic E-state index is 13.1. The molecule has 1 N–H and O–H groups in total. The van der Waals surface area contributed by atoms with Crippen LogP contribution in [0.1, 0.15) is 47.8 Å². The first kappa shape index (κ1) is 20.4. The van der Waals surface area contributed by atoms with E-state index >= 15 is 0 Å². The predicted molar refractivity (Wildman–Crippen MR) is 117 cm³/mol. The van der Waals surface area contributed by atoms with Crippen LogP contribution in [0.2, 0.25) is 0 Å². The number of para-hydroxylation sites is 1. The Bertz CT molecular complexity index is 934. The Morgan fingerprint density at radius 2 is 1.90 bits per heavy atom. The quantitative estimate of drug-likeness (QED) is 0.831. The van der Waals surface area contributed by atoms with Crippen molar-refractivity contribution >= 4 is 17.5 Å². The highest BCUT2D eigenvalue weighted by molar-refractivity contribution is 5.95. The number of hydrogen-bond donors (Lipinski definition) is 1. The Morgan fingerprint density at radius 1 is 1.13 bits per heavy atom. The van der Waals surface area contributed by atoms with Crippen molar-refractivity contribution in [1.82, 2.24) is 14.8 Å². The van der Waals surface area contributed by atoms with Gasteiger partial charge in [-0.05, 0) is 56.9 Å². The van der Waals surface area contributed by atoms with Gasteiger partial charge in [0.15, 0.2) is 0 Å². The molecule has 2 aromatic rings. The number of piperidine rings is 1. The number of likely N-dealkylation sites (tertiary alicyclic amines) is 1. The molecule has 1 spiro atoms. The summed E-state index contributed by atoms with van der Waals surface area (Å²) >= 11 is 0. The zero-order valence-corrected chi connectivity index (χ0v) is 17.9. The van der Waals surface area contributed by atoms with Crippen LogP contribution in [-0.4, -0.2) is 58.3 Å². The summed E-state index contributed by atoms with van der Waals surface area (Å²) in [6.07, 6.45) is 4.51. The fourth-order valence-electron chi connectivity index (χ4n) is 4.63. The van der Waals surface area contributed by atoms with Crippen molar-refractivity contribution in [3.63, 3.8) is 0 Å². The zero-order valence-electron chi connectivity index (χ0n) is 17.9. The van der Waals surface area contributed by atoms with Crippen LogP contribution < -0.4 is 5.32 Å². The van der Waals surface area contributed by atoms with Crippen molar-refractivity contribution < 1.29 is 9.59 Å². The highest BCUT2D eigenvalue weighted by atomic mass is 16.2. The minimum atomic E-state index is -0.328. The van der Waals surface area contributed by atoms with E-state index in [4.69, 9.17) is 0 Å². The molecule has 0 radical (unpaired) electrons. The molecule has 3 heterocycles. The second-order valence-corrected chi connectivity index (χ2v) is 8.39. The molecule has 2 amide bonds. The Hall–Kier alpha value is -2.89. The monoisotopic (exact) mass is 406 g/mol. The maximum Gasteiger partial charge on any atom is 0.255 e. The molecule has 4 rings (SSSR count). The number of hydrogen-bond acceptors (Lipinski definition) is 4. The molecule has 0 unspecified atom stereocenters. The summed E-state index contributed by atoms with van der Waals surface area (Å²) in [4.78, 5) is 34.2. The smallest absolute Gasteiger partial charge is 0.255 e. The molecule has 30 heavy (non-hydrogen) atoms. The standard InChI is InChI=1S/C24H30N4O2/c1-3-27-14-10-19-7-4-5-9-21(19)26-24(17-22(27)29)11-15-28(16-12-24)23(30)20-8-6-13-25-18(20)2/h4-9,13,26H,3,10-12,14-17H2,1-2H3. The lowest BCUT2D eigenvalue weighted by molar-refractivity contribution is -0.132. The van der Waals surface area contributed by atoms with Crippen molar-refractivity contribution in [3.8, 4) is 0 Å². The van der Waals surface area contributed by atoms with Gasteiger partial charge in [0.05, 0.1) is 5.56 Å². The number of nitrogens with one attached hydrogen (secondary N) is 1. The van der Waals surface area contributed by atoms with Crippen LogP contribution in [0.4, 0.5) is 5.69 Å². The second-order valence-electron chi connectivity index (χ2n) is 8.39. The third kappa shape index (κ3) is 4.04. The van der Waals surface area contributed by atoms with E-state index in [-0.39, 0.29) is 17.4 Å². The Morgan fingerprint density at radius 3 is 2.63 bits per heavy atom. The van der Waals surface area contributed by atoms with Crippen molar-refractivity contribution in [2.45, 2.75) is 45.1 Å². The number of carbonyl (C=O) groups excluding carboxylic acids is 2. The van der Waals surface area contributed by atoms with Gasteiger partial charge >= 0.3 is 0 Å². The van der Waals surface area contributed by atoms with E-state index in [1.165, 1.54) is 5.56 Å². The van der Waals surface area contributed by atoms with Crippen molar-refractivity contribution in [2.75, 3.05) is 31.5 Å². The lowest BCUT2D eigenvalue weighted by Gasteiger charge is -2.43. The van der Waals surface area contributed by atoms with E-state index in [0.29, 0.717) is 25.1 Å². The average Bonchev–Trinajstić information content (AvgIpc) is 2.80. The van der Waals surface area contributed by atoms with E-state index < -0.39 is 0 Å². The first-order valence-corrected chi connectivity index (χ1v) is 10.9. The normalized spacial score (nSPS) is 18.8. The van der Waals surface area contributed by atoms with Gasteiger partial charge in [-0.3, -0.25) is 14.6 Å². The van der Waals surface area contributed by atoms with Gasteiger partial charge in [0.25, 0.3) is 5.91 Å². The molecular formula is C24H30N4O2. The Kier molecular flexibility index (Phi) is 5.75. The first-order chi connectivity index (χ1) is 14.5. The number of benzene rings is 1. The molecule has 2 aliphatic rings. The molecule has 2 aliphatic heterocycles. The highest BCUT2D eigenvalue weighted by Gasteiger charge is 2.40. The number of rotatable bonds is 2. The van der Waals surface area contributed by atoms with Gasteiger partial charge < -0.3 is 15.1 Å². The molecule has 0 bridgehead atoms. The molecule has 1 fully saturated rings. The van der Waals surface area contributed by atoms with Gasteiger partial charge in [-0.25, -0.2) is 0 Å². The van der Waals surface area contributed by atoms with Gasteiger partial charge in [-0.1, -0.05) is 18.2 Å².